The molecule has 0 fully saturated rings. The number of nitrogens with zero attached hydrogens (tertiary/aromatic N) is 2. The van der Waals surface area contributed by atoms with Gasteiger partial charge >= 0.3 is 0 Å². The van der Waals surface area contributed by atoms with E-state index in [2.05, 4.69) is 0 Å². The molecule has 0 saturated heterocycles. The lowest BCUT2D eigenvalue weighted by molar-refractivity contribution is -0.0911. The Morgan fingerprint density at radius 3 is 2.54 bits per heavy atom. The van der Waals surface area contributed by atoms with Crippen LogP contribution >= 0.6 is 0 Å². The van der Waals surface area contributed by atoms with Crippen LogP contribution in [0, 0.1) is 0 Å². The van der Waals surface area contributed by atoms with Crippen molar-refractivity contribution in [2.45, 2.75) is 36.5 Å². The lowest BCUT2D eigenvalue weighted by Gasteiger charge is -2.40. The summed E-state index contributed by atoms with van der Waals surface area (Å²) in [5, 5.41) is 35.2. The first-order chi connectivity index (χ1) is 18.8. The minimum Gasteiger partial charge on any atom is -0.507 e. The van der Waals surface area contributed by atoms with Crippen molar-refractivity contribution in [2.75, 3.05) is 14.2 Å². The van der Waals surface area contributed by atoms with Gasteiger partial charge in [0, 0.05) is 30.7 Å². The molecule has 1 aliphatic carbocycles. The number of aryl methyl sites for hydroxylation is 1. The predicted octanol–water partition coefficient (Wildman–Crippen LogP) is 3.29. The fourth-order valence-corrected chi connectivity index (χ4v) is 6.71. The summed E-state index contributed by atoms with van der Waals surface area (Å²) in [4.78, 5) is 19.0. The number of methoxy groups -OCH3 is 2. The summed E-state index contributed by atoms with van der Waals surface area (Å²) in [6, 6.07) is 17.1. The van der Waals surface area contributed by atoms with Gasteiger partial charge in [-0.25, -0.2) is 4.98 Å². The standard InChI is InChI=1S/C30H26N2O7/c1-37-18-14-20(34)26-22(15-18)39-30(17-10-11-21(38-2)19(33)13-17)25(16-7-4-3-5-8-16)24-27(29(26,30)36)31-23-9-6-12-32(23)28(24)35/h3-5,7-8,10-11,13-15,25,33-34,36H,6,9,12H2,1-2H3/t25-,29+,30+/m1/s1. The molecule has 0 spiro atoms. The van der Waals surface area contributed by atoms with Crippen molar-refractivity contribution in [2.24, 2.45) is 0 Å². The second-order valence-electron chi connectivity index (χ2n) is 10.1. The summed E-state index contributed by atoms with van der Waals surface area (Å²) in [5.41, 5.74) is -2.43. The number of fused-ring (bicyclic) bond motifs is 6. The molecular formula is C30H26N2O7. The molecule has 0 saturated carbocycles. The lowest BCUT2D eigenvalue weighted by atomic mass is 9.70. The second-order valence-corrected chi connectivity index (χ2v) is 10.1. The number of aromatic hydroxyl groups is 2. The van der Waals surface area contributed by atoms with Crippen molar-refractivity contribution < 1.29 is 29.5 Å². The largest absolute Gasteiger partial charge is 0.507 e. The molecule has 4 aromatic rings. The number of hydrogen-bond acceptors (Lipinski definition) is 8. The molecule has 39 heavy (non-hydrogen) atoms. The van der Waals surface area contributed by atoms with Crippen molar-refractivity contribution in [1.29, 1.82) is 0 Å². The molecule has 0 unspecified atom stereocenters. The van der Waals surface area contributed by atoms with Gasteiger partial charge in [0.05, 0.1) is 37.0 Å². The summed E-state index contributed by atoms with van der Waals surface area (Å²) in [6.07, 6.45) is 1.36. The van der Waals surface area contributed by atoms with E-state index in [9.17, 15) is 20.1 Å². The van der Waals surface area contributed by atoms with Crippen LogP contribution in [0.2, 0.25) is 0 Å². The van der Waals surface area contributed by atoms with Gasteiger partial charge in [0.15, 0.2) is 22.7 Å². The highest BCUT2D eigenvalue weighted by Crippen LogP contribution is 2.69. The van der Waals surface area contributed by atoms with Crippen LogP contribution in [-0.2, 0) is 24.2 Å². The van der Waals surface area contributed by atoms with Crippen molar-refractivity contribution >= 4 is 0 Å². The maximum atomic E-state index is 14.2. The molecule has 9 nitrogen and oxygen atoms in total. The third-order valence-electron chi connectivity index (χ3n) is 8.30. The molecule has 0 amide bonds. The van der Waals surface area contributed by atoms with Gasteiger partial charge in [-0.15, -0.1) is 0 Å². The Morgan fingerprint density at radius 2 is 1.82 bits per heavy atom. The second kappa shape index (κ2) is 8.00. The Labute approximate surface area is 223 Å². The summed E-state index contributed by atoms with van der Waals surface area (Å²) in [5.74, 6) is 0.0790. The Balaban J connectivity index is 1.65. The number of aromatic nitrogens is 2. The summed E-state index contributed by atoms with van der Waals surface area (Å²) in [7, 11) is 2.91. The van der Waals surface area contributed by atoms with Gasteiger partial charge in [-0.05, 0) is 24.1 Å². The van der Waals surface area contributed by atoms with E-state index in [0.29, 0.717) is 41.2 Å². The maximum absolute atomic E-state index is 14.2. The zero-order chi connectivity index (χ0) is 27.1. The fourth-order valence-electron chi connectivity index (χ4n) is 6.71. The van der Waals surface area contributed by atoms with Crippen LogP contribution in [0.4, 0.5) is 0 Å². The third-order valence-corrected chi connectivity index (χ3v) is 8.30. The molecule has 3 heterocycles. The van der Waals surface area contributed by atoms with Crippen LogP contribution < -0.4 is 19.8 Å². The molecular weight excluding hydrogens is 500 g/mol. The van der Waals surface area contributed by atoms with Crippen molar-refractivity contribution in [3.05, 3.63) is 105 Å². The van der Waals surface area contributed by atoms with E-state index in [4.69, 9.17) is 19.2 Å². The third kappa shape index (κ3) is 2.82. The van der Waals surface area contributed by atoms with Gasteiger partial charge in [0.2, 0.25) is 0 Å². The normalized spacial score (nSPS) is 23.9. The van der Waals surface area contributed by atoms with Gasteiger partial charge in [-0.3, -0.25) is 9.36 Å². The molecule has 0 radical (unpaired) electrons. The number of aliphatic hydroxyl groups is 1. The first-order valence-corrected chi connectivity index (χ1v) is 12.7. The first-order valence-electron chi connectivity index (χ1n) is 12.7. The fraction of sp³-hybridized carbons (Fsp3) is 0.267. The Hall–Kier alpha value is -4.50. The average molecular weight is 527 g/mol. The van der Waals surface area contributed by atoms with E-state index in [1.807, 2.05) is 30.3 Å². The van der Waals surface area contributed by atoms with Crippen molar-refractivity contribution in [3.8, 4) is 28.7 Å². The topological polar surface area (TPSA) is 123 Å². The number of phenols is 2. The summed E-state index contributed by atoms with van der Waals surface area (Å²) >= 11 is 0. The highest BCUT2D eigenvalue weighted by Gasteiger charge is 2.74. The van der Waals surface area contributed by atoms with E-state index in [0.717, 1.165) is 6.42 Å². The monoisotopic (exact) mass is 526 g/mol. The minimum atomic E-state index is -2.09. The van der Waals surface area contributed by atoms with Crippen LogP contribution in [0.3, 0.4) is 0 Å². The van der Waals surface area contributed by atoms with Crippen LogP contribution in [0.1, 0.15) is 46.1 Å². The lowest BCUT2D eigenvalue weighted by Crippen LogP contribution is -2.49. The summed E-state index contributed by atoms with van der Waals surface area (Å²) < 4.78 is 19.1. The van der Waals surface area contributed by atoms with Crippen LogP contribution in [0.25, 0.3) is 0 Å². The van der Waals surface area contributed by atoms with E-state index < -0.39 is 17.1 Å². The molecule has 3 atom stereocenters. The van der Waals surface area contributed by atoms with Gasteiger partial charge in [-0.1, -0.05) is 36.4 Å². The molecule has 1 aromatic heterocycles. The molecule has 3 aliphatic rings. The molecule has 0 bridgehead atoms. The molecule has 198 valence electrons. The van der Waals surface area contributed by atoms with E-state index in [1.54, 1.807) is 22.8 Å². The van der Waals surface area contributed by atoms with Gasteiger partial charge in [0.1, 0.15) is 23.1 Å². The average Bonchev–Trinajstić information content (AvgIpc) is 3.58. The molecule has 9 heteroatoms. The minimum absolute atomic E-state index is 0.0909. The zero-order valence-electron chi connectivity index (χ0n) is 21.3. The number of hydrogen-bond donors (Lipinski definition) is 3. The molecule has 7 rings (SSSR count). The maximum Gasteiger partial charge on any atom is 0.257 e. The highest BCUT2D eigenvalue weighted by atomic mass is 16.5. The van der Waals surface area contributed by atoms with Gasteiger partial charge in [-0.2, -0.15) is 0 Å². The first kappa shape index (κ1) is 23.6. The van der Waals surface area contributed by atoms with Crippen molar-refractivity contribution in [1.82, 2.24) is 9.55 Å². The quantitative estimate of drug-likeness (QED) is 0.370. The van der Waals surface area contributed by atoms with E-state index in [1.165, 1.54) is 26.4 Å². The Bertz CT molecular complexity index is 1720. The van der Waals surface area contributed by atoms with Gasteiger partial charge < -0.3 is 29.5 Å². The SMILES string of the molecule is COc1cc(O)c2c(c1)O[C@@]1(c3ccc(OC)c(O)c3)[C@H](c3ccccc3)c3c(nc4n(c3=O)CCC4)[C@@]21O. The Kier molecular flexibility index (Phi) is 4.84. The van der Waals surface area contributed by atoms with Gasteiger partial charge in [0.25, 0.3) is 5.56 Å². The molecule has 2 aliphatic heterocycles. The molecule has 3 N–H and O–H groups in total. The van der Waals surface area contributed by atoms with Crippen LogP contribution in [-0.4, -0.2) is 39.1 Å². The summed E-state index contributed by atoms with van der Waals surface area (Å²) in [6.45, 7) is 0.532. The Morgan fingerprint density at radius 1 is 1.03 bits per heavy atom. The smallest absolute Gasteiger partial charge is 0.257 e. The van der Waals surface area contributed by atoms with Crippen LogP contribution in [0.5, 0.6) is 28.7 Å². The predicted molar refractivity (Wildman–Crippen MR) is 140 cm³/mol. The van der Waals surface area contributed by atoms with E-state index >= 15 is 0 Å². The number of benzene rings is 3. The number of ether oxygens (including phenoxy) is 3. The number of phenolic OH excluding ortho intramolecular Hbond substituents is 2. The van der Waals surface area contributed by atoms with E-state index in [-0.39, 0.29) is 39.8 Å². The number of rotatable bonds is 4. The van der Waals surface area contributed by atoms with Crippen molar-refractivity contribution in [3.63, 3.8) is 0 Å². The zero-order valence-corrected chi connectivity index (χ0v) is 21.3. The van der Waals surface area contributed by atoms with Crippen LogP contribution in [0.15, 0.2) is 65.5 Å². The highest BCUT2D eigenvalue weighted by molar-refractivity contribution is 5.68. The molecule has 3 aromatic carbocycles.